The second kappa shape index (κ2) is 9.42. The highest BCUT2D eigenvalue weighted by Crippen LogP contribution is 2.27. The van der Waals surface area contributed by atoms with E-state index in [0.717, 1.165) is 61.2 Å². The van der Waals surface area contributed by atoms with Crippen molar-refractivity contribution in [3.05, 3.63) is 41.3 Å². The number of hydrogen-bond acceptors (Lipinski definition) is 5. The third kappa shape index (κ3) is 5.47. The molecule has 3 aromatic rings. The Morgan fingerprint density at radius 2 is 1.93 bits per heavy atom. The van der Waals surface area contributed by atoms with Crippen LogP contribution in [0.2, 0.25) is 0 Å². The van der Waals surface area contributed by atoms with Gasteiger partial charge in [-0.3, -0.25) is 0 Å². The molecule has 2 heterocycles. The lowest BCUT2D eigenvalue weighted by Gasteiger charge is -2.13. The number of rotatable bonds is 9. The highest BCUT2D eigenvalue weighted by atomic mass is 19.4. The van der Waals surface area contributed by atoms with Crippen molar-refractivity contribution in [2.75, 3.05) is 20.6 Å². The Hall–Kier alpha value is -2.68. The number of aromatic nitrogens is 4. The number of aryl methyl sites for hydroxylation is 1. The number of alkyl halides is 3. The molecule has 0 aliphatic carbocycles. The van der Waals surface area contributed by atoms with Crippen LogP contribution in [0.1, 0.15) is 49.3 Å². The SMILES string of the molecule is CCCCCc1nc2cc(/C=C/c3noc(C(F)(F)F)n3)ccc2n1CCN(C)C. The van der Waals surface area contributed by atoms with Gasteiger partial charge in [0, 0.05) is 19.5 Å². The van der Waals surface area contributed by atoms with E-state index in [0.29, 0.717) is 0 Å². The van der Waals surface area contributed by atoms with Gasteiger partial charge in [-0.15, -0.1) is 0 Å². The quantitative estimate of drug-likeness (QED) is 0.460. The third-order valence-corrected chi connectivity index (χ3v) is 4.74. The van der Waals surface area contributed by atoms with Gasteiger partial charge in [-0.1, -0.05) is 37.1 Å². The fraction of sp³-hybridized carbons (Fsp3) is 0.476. The van der Waals surface area contributed by atoms with Gasteiger partial charge in [0.2, 0.25) is 0 Å². The lowest BCUT2D eigenvalue weighted by molar-refractivity contribution is -0.159. The van der Waals surface area contributed by atoms with Gasteiger partial charge in [0.15, 0.2) is 5.82 Å². The Morgan fingerprint density at radius 3 is 2.60 bits per heavy atom. The fourth-order valence-electron chi connectivity index (χ4n) is 3.16. The Morgan fingerprint density at radius 1 is 1.13 bits per heavy atom. The van der Waals surface area contributed by atoms with Crippen LogP contribution < -0.4 is 0 Å². The number of nitrogens with zero attached hydrogens (tertiary/aromatic N) is 5. The standard InChI is InChI=1S/C21H26F3N5O/c1-4-5-6-7-19-25-16-14-15(8-10-17(16)29(19)13-12-28(2)3)9-11-18-26-20(30-27-18)21(22,23)24/h8-11,14H,4-7,12-13H2,1-3H3/b11-9+. The summed E-state index contributed by atoms with van der Waals surface area (Å²) in [5.74, 6) is -0.414. The van der Waals surface area contributed by atoms with Crippen molar-refractivity contribution in [2.45, 2.75) is 45.3 Å². The van der Waals surface area contributed by atoms with Crippen LogP contribution in [0.4, 0.5) is 13.2 Å². The summed E-state index contributed by atoms with van der Waals surface area (Å²) in [5, 5.41) is 3.34. The van der Waals surface area contributed by atoms with Crippen molar-refractivity contribution >= 4 is 23.2 Å². The van der Waals surface area contributed by atoms with E-state index in [-0.39, 0.29) is 5.82 Å². The van der Waals surface area contributed by atoms with Gasteiger partial charge >= 0.3 is 12.1 Å². The molecule has 0 spiro atoms. The lowest BCUT2D eigenvalue weighted by atomic mass is 10.2. The predicted octanol–water partition coefficient (Wildman–Crippen LogP) is 4.90. The van der Waals surface area contributed by atoms with Gasteiger partial charge in [0.25, 0.3) is 0 Å². The average molecular weight is 421 g/mol. The van der Waals surface area contributed by atoms with E-state index in [9.17, 15) is 13.2 Å². The van der Waals surface area contributed by atoms with E-state index in [2.05, 4.69) is 31.1 Å². The summed E-state index contributed by atoms with van der Waals surface area (Å²) in [4.78, 5) is 10.3. The Balaban J connectivity index is 1.84. The van der Waals surface area contributed by atoms with E-state index >= 15 is 0 Å². The van der Waals surface area contributed by atoms with Crippen LogP contribution in [0.15, 0.2) is 22.7 Å². The number of unbranched alkanes of at least 4 members (excludes halogenated alkanes) is 2. The largest absolute Gasteiger partial charge is 0.471 e. The second-order valence-corrected chi connectivity index (χ2v) is 7.48. The highest BCUT2D eigenvalue weighted by Gasteiger charge is 2.38. The van der Waals surface area contributed by atoms with Gasteiger partial charge in [-0.2, -0.15) is 18.2 Å². The summed E-state index contributed by atoms with van der Waals surface area (Å²) in [6, 6.07) is 5.83. The zero-order valence-corrected chi connectivity index (χ0v) is 17.4. The molecule has 162 valence electrons. The summed E-state index contributed by atoms with van der Waals surface area (Å²) >= 11 is 0. The van der Waals surface area contributed by atoms with Crippen molar-refractivity contribution in [3.8, 4) is 0 Å². The van der Waals surface area contributed by atoms with Crippen LogP contribution in [0, 0.1) is 0 Å². The maximum absolute atomic E-state index is 12.6. The van der Waals surface area contributed by atoms with Crippen LogP contribution in [-0.2, 0) is 19.1 Å². The van der Waals surface area contributed by atoms with E-state index in [4.69, 9.17) is 4.98 Å². The summed E-state index contributed by atoms with van der Waals surface area (Å²) in [6.45, 7) is 3.94. The molecule has 0 amide bonds. The molecule has 2 aromatic heterocycles. The zero-order valence-electron chi connectivity index (χ0n) is 17.4. The molecule has 3 rings (SSSR count). The Labute approximate surface area is 173 Å². The number of fused-ring (bicyclic) bond motifs is 1. The van der Waals surface area contributed by atoms with Gasteiger partial charge in [0.05, 0.1) is 11.0 Å². The van der Waals surface area contributed by atoms with Crippen molar-refractivity contribution < 1.29 is 17.7 Å². The molecule has 0 aliphatic rings. The van der Waals surface area contributed by atoms with Crippen LogP contribution in [0.3, 0.4) is 0 Å². The molecule has 1 aromatic carbocycles. The van der Waals surface area contributed by atoms with Gasteiger partial charge in [0.1, 0.15) is 5.82 Å². The van der Waals surface area contributed by atoms with Crippen LogP contribution in [-0.4, -0.2) is 45.2 Å². The smallest absolute Gasteiger partial charge is 0.329 e. The van der Waals surface area contributed by atoms with E-state index in [1.54, 1.807) is 6.08 Å². The first-order valence-corrected chi connectivity index (χ1v) is 10.0. The van der Waals surface area contributed by atoms with Crippen molar-refractivity contribution in [1.82, 2.24) is 24.6 Å². The zero-order chi connectivity index (χ0) is 21.7. The summed E-state index contributed by atoms with van der Waals surface area (Å²) < 4.78 is 44.2. The van der Waals surface area contributed by atoms with Crippen molar-refractivity contribution in [2.24, 2.45) is 0 Å². The first kappa shape index (κ1) is 22.0. The molecule has 0 N–H and O–H groups in total. The molecule has 6 nitrogen and oxygen atoms in total. The fourth-order valence-corrected chi connectivity index (χ4v) is 3.16. The summed E-state index contributed by atoms with van der Waals surface area (Å²) in [6.07, 6.45) is 2.73. The maximum atomic E-state index is 12.6. The normalized spacial score (nSPS) is 12.6. The Kier molecular flexibility index (Phi) is 6.91. The predicted molar refractivity (Wildman–Crippen MR) is 110 cm³/mol. The maximum Gasteiger partial charge on any atom is 0.471 e. The minimum atomic E-state index is -4.65. The van der Waals surface area contributed by atoms with Crippen LogP contribution in [0.5, 0.6) is 0 Å². The van der Waals surface area contributed by atoms with Crippen molar-refractivity contribution in [3.63, 3.8) is 0 Å². The summed E-state index contributed by atoms with van der Waals surface area (Å²) in [5.41, 5.74) is 2.73. The molecule has 0 aliphatic heterocycles. The number of imidazole rings is 1. The third-order valence-electron chi connectivity index (χ3n) is 4.74. The molecule has 0 unspecified atom stereocenters. The molecule has 9 heteroatoms. The van der Waals surface area contributed by atoms with E-state index in [1.165, 1.54) is 6.08 Å². The van der Waals surface area contributed by atoms with Crippen LogP contribution in [0.25, 0.3) is 23.2 Å². The van der Waals surface area contributed by atoms with Gasteiger partial charge in [-0.05, 0) is 44.3 Å². The molecule has 0 bridgehead atoms. The van der Waals surface area contributed by atoms with Crippen molar-refractivity contribution in [1.29, 1.82) is 0 Å². The highest BCUT2D eigenvalue weighted by molar-refractivity contribution is 5.81. The number of hydrogen-bond donors (Lipinski definition) is 0. The Bertz CT molecular complexity index is 1000. The number of halogens is 3. The topological polar surface area (TPSA) is 60.0 Å². The molecule has 0 saturated heterocycles. The minimum absolute atomic E-state index is 0.126. The average Bonchev–Trinajstić information content (AvgIpc) is 3.29. The molecule has 0 radical (unpaired) electrons. The molecule has 0 atom stereocenters. The number of benzene rings is 1. The monoisotopic (exact) mass is 421 g/mol. The second-order valence-electron chi connectivity index (χ2n) is 7.48. The molecule has 30 heavy (non-hydrogen) atoms. The number of likely N-dealkylation sites (N-methyl/N-ethyl adjacent to an activating group) is 1. The molecular weight excluding hydrogens is 395 g/mol. The van der Waals surface area contributed by atoms with Gasteiger partial charge in [-0.25, -0.2) is 4.98 Å². The first-order chi connectivity index (χ1) is 14.3. The first-order valence-electron chi connectivity index (χ1n) is 10.0. The molecule has 0 saturated carbocycles. The summed E-state index contributed by atoms with van der Waals surface area (Å²) in [7, 11) is 4.09. The molecular formula is C21H26F3N5O. The lowest BCUT2D eigenvalue weighted by Crippen LogP contribution is -2.19. The minimum Gasteiger partial charge on any atom is -0.329 e. The van der Waals surface area contributed by atoms with Crippen LogP contribution >= 0.6 is 0 Å². The van der Waals surface area contributed by atoms with Gasteiger partial charge < -0.3 is 14.0 Å². The van der Waals surface area contributed by atoms with E-state index < -0.39 is 12.1 Å². The van der Waals surface area contributed by atoms with E-state index in [1.807, 2.05) is 32.3 Å². The molecule has 0 fully saturated rings.